The molecule has 1 fully saturated rings. The highest BCUT2D eigenvalue weighted by Crippen LogP contribution is 2.28. The van der Waals surface area contributed by atoms with Crippen molar-refractivity contribution in [2.24, 2.45) is 5.92 Å². The van der Waals surface area contributed by atoms with Crippen LogP contribution in [0.3, 0.4) is 0 Å². The number of hydrogen-bond donors (Lipinski definition) is 2. The zero-order valence-corrected chi connectivity index (χ0v) is 17.3. The van der Waals surface area contributed by atoms with Gasteiger partial charge in [0.05, 0.1) is 5.75 Å². The van der Waals surface area contributed by atoms with Gasteiger partial charge >= 0.3 is 0 Å². The Balaban J connectivity index is 1.46. The van der Waals surface area contributed by atoms with E-state index in [9.17, 15) is 9.59 Å². The number of aryl methyl sites for hydroxylation is 1. The zero-order valence-electron chi connectivity index (χ0n) is 15.0. The average Bonchev–Trinajstić information content (AvgIpc) is 3.11. The van der Waals surface area contributed by atoms with Crippen molar-refractivity contribution in [1.82, 2.24) is 10.2 Å². The number of nitrogens with one attached hydrogen (secondary N) is 2. The molecule has 2 aromatic rings. The Bertz CT molecular complexity index is 821. The third kappa shape index (κ3) is 5.92. The lowest BCUT2D eigenvalue weighted by molar-refractivity contribution is -0.120. The number of amides is 2. The molecule has 0 unspecified atom stereocenters. The molecule has 0 spiro atoms. The monoisotopic (exact) mass is 424 g/mol. The molecule has 0 atom stereocenters. The molecule has 1 aromatic heterocycles. The first-order chi connectivity index (χ1) is 13.0. The number of aromatic nitrogens is 2. The van der Waals surface area contributed by atoms with Crippen molar-refractivity contribution in [3.05, 3.63) is 28.8 Å². The summed E-state index contributed by atoms with van der Waals surface area (Å²) < 4.78 is 0.644. The number of benzene rings is 1. The molecule has 0 bridgehead atoms. The molecular formula is C18H21ClN4O2S2. The minimum Gasteiger partial charge on any atom is -0.325 e. The van der Waals surface area contributed by atoms with Crippen molar-refractivity contribution in [3.8, 4) is 0 Å². The Kier molecular flexibility index (Phi) is 7.09. The first-order valence-corrected chi connectivity index (χ1v) is 11.0. The van der Waals surface area contributed by atoms with Crippen LogP contribution in [-0.2, 0) is 9.59 Å². The maximum atomic E-state index is 12.2. The van der Waals surface area contributed by atoms with Crippen LogP contribution in [0.15, 0.2) is 22.5 Å². The van der Waals surface area contributed by atoms with Gasteiger partial charge < -0.3 is 10.6 Å². The van der Waals surface area contributed by atoms with Gasteiger partial charge in [0.15, 0.2) is 4.34 Å². The number of carbonyl (C=O) groups excluding carboxylic acids is 2. The van der Waals surface area contributed by atoms with Gasteiger partial charge in [-0.25, -0.2) is 0 Å². The molecule has 2 amide bonds. The topological polar surface area (TPSA) is 84.0 Å². The molecule has 2 N–H and O–H groups in total. The second-order valence-corrected chi connectivity index (χ2v) is 9.11. The SMILES string of the molecule is Cc1ccc(NC(=O)CSc2nnc(NC(=O)C3CCCCC3)s2)cc1Cl. The first-order valence-electron chi connectivity index (χ1n) is 8.84. The molecule has 27 heavy (non-hydrogen) atoms. The normalized spacial score (nSPS) is 14.7. The lowest BCUT2D eigenvalue weighted by Gasteiger charge is -2.19. The van der Waals surface area contributed by atoms with Gasteiger partial charge in [-0.05, 0) is 37.5 Å². The molecule has 9 heteroatoms. The number of carbonyl (C=O) groups is 2. The Hall–Kier alpha value is -1.64. The van der Waals surface area contributed by atoms with Crippen LogP contribution < -0.4 is 10.6 Å². The maximum Gasteiger partial charge on any atom is 0.234 e. The molecule has 1 aliphatic carbocycles. The highest BCUT2D eigenvalue weighted by molar-refractivity contribution is 8.01. The number of halogens is 1. The van der Waals surface area contributed by atoms with E-state index in [4.69, 9.17) is 11.6 Å². The number of rotatable bonds is 6. The van der Waals surface area contributed by atoms with E-state index in [0.29, 0.717) is 20.2 Å². The first kappa shape index (κ1) is 20.1. The summed E-state index contributed by atoms with van der Waals surface area (Å²) in [6, 6.07) is 5.40. The van der Waals surface area contributed by atoms with Crippen LogP contribution in [-0.4, -0.2) is 27.8 Å². The van der Waals surface area contributed by atoms with Crippen LogP contribution >= 0.6 is 34.7 Å². The van der Waals surface area contributed by atoms with Crippen LogP contribution in [0.1, 0.15) is 37.7 Å². The highest BCUT2D eigenvalue weighted by Gasteiger charge is 2.22. The van der Waals surface area contributed by atoms with Gasteiger partial charge in [0, 0.05) is 16.6 Å². The fourth-order valence-corrected chi connectivity index (χ4v) is 4.62. The molecule has 1 heterocycles. The van der Waals surface area contributed by atoms with Crippen molar-refractivity contribution in [2.75, 3.05) is 16.4 Å². The largest absolute Gasteiger partial charge is 0.325 e. The number of anilines is 2. The lowest BCUT2D eigenvalue weighted by atomic mass is 9.89. The summed E-state index contributed by atoms with van der Waals surface area (Å²) in [5.41, 5.74) is 1.62. The fraction of sp³-hybridized carbons (Fsp3) is 0.444. The third-order valence-corrected chi connectivity index (χ3v) is 6.77. The van der Waals surface area contributed by atoms with Gasteiger partial charge in [-0.2, -0.15) is 0 Å². The quantitative estimate of drug-likeness (QED) is 0.516. The summed E-state index contributed by atoms with van der Waals surface area (Å²) in [6.45, 7) is 1.91. The summed E-state index contributed by atoms with van der Waals surface area (Å²) >= 11 is 8.64. The second-order valence-electron chi connectivity index (χ2n) is 6.50. The Morgan fingerprint density at radius 1 is 1.22 bits per heavy atom. The minimum absolute atomic E-state index is 0.0244. The molecule has 0 radical (unpaired) electrons. The molecule has 0 aliphatic heterocycles. The van der Waals surface area contributed by atoms with E-state index >= 15 is 0 Å². The number of nitrogens with zero attached hydrogens (tertiary/aromatic N) is 2. The molecule has 144 valence electrons. The Labute approximate surface area is 171 Å². The smallest absolute Gasteiger partial charge is 0.234 e. The Morgan fingerprint density at radius 3 is 2.74 bits per heavy atom. The predicted molar refractivity (Wildman–Crippen MR) is 111 cm³/mol. The molecule has 1 aromatic carbocycles. The molecular weight excluding hydrogens is 404 g/mol. The lowest BCUT2D eigenvalue weighted by Crippen LogP contribution is -2.24. The molecule has 6 nitrogen and oxygen atoms in total. The molecule has 1 saturated carbocycles. The summed E-state index contributed by atoms with van der Waals surface area (Å²) in [6.07, 6.45) is 5.30. The van der Waals surface area contributed by atoms with Crippen LogP contribution in [0.25, 0.3) is 0 Å². The third-order valence-electron chi connectivity index (χ3n) is 4.39. The van der Waals surface area contributed by atoms with E-state index in [1.807, 2.05) is 19.1 Å². The predicted octanol–water partition coefficient (Wildman–Crippen LogP) is 4.75. The molecule has 1 aliphatic rings. The van der Waals surface area contributed by atoms with Crippen molar-refractivity contribution in [2.45, 2.75) is 43.4 Å². The standard InChI is InChI=1S/C18H21ClN4O2S2/c1-11-7-8-13(9-14(11)19)20-15(24)10-26-18-23-22-17(27-18)21-16(25)12-5-3-2-4-6-12/h7-9,12H,2-6,10H2,1H3,(H,20,24)(H,21,22,25). The van der Waals surface area contributed by atoms with Gasteiger partial charge in [0.25, 0.3) is 0 Å². The van der Waals surface area contributed by atoms with Crippen molar-refractivity contribution >= 4 is 57.3 Å². The fourth-order valence-electron chi connectivity index (χ4n) is 2.89. The van der Waals surface area contributed by atoms with Gasteiger partial charge in [-0.15, -0.1) is 10.2 Å². The van der Waals surface area contributed by atoms with Gasteiger partial charge in [-0.1, -0.05) is 60.0 Å². The highest BCUT2D eigenvalue weighted by atomic mass is 35.5. The minimum atomic E-state index is -0.150. The second kappa shape index (κ2) is 9.52. The van der Waals surface area contributed by atoms with E-state index in [0.717, 1.165) is 31.2 Å². The maximum absolute atomic E-state index is 12.2. The summed E-state index contributed by atoms with van der Waals surface area (Å²) in [7, 11) is 0. The van der Waals surface area contributed by atoms with Gasteiger partial charge in [-0.3, -0.25) is 9.59 Å². The number of thioether (sulfide) groups is 1. The molecule has 3 rings (SSSR count). The summed E-state index contributed by atoms with van der Waals surface area (Å²) in [5, 5.41) is 14.8. The zero-order chi connectivity index (χ0) is 19.2. The van der Waals surface area contributed by atoms with E-state index in [1.54, 1.807) is 6.07 Å². The van der Waals surface area contributed by atoms with E-state index in [-0.39, 0.29) is 23.5 Å². The van der Waals surface area contributed by atoms with Crippen molar-refractivity contribution < 1.29 is 9.59 Å². The van der Waals surface area contributed by atoms with E-state index in [2.05, 4.69) is 20.8 Å². The van der Waals surface area contributed by atoms with Gasteiger partial charge in [0.1, 0.15) is 0 Å². The Morgan fingerprint density at radius 2 is 2.00 bits per heavy atom. The van der Waals surface area contributed by atoms with Crippen molar-refractivity contribution in [3.63, 3.8) is 0 Å². The average molecular weight is 425 g/mol. The van der Waals surface area contributed by atoms with E-state index in [1.165, 1.54) is 29.5 Å². The van der Waals surface area contributed by atoms with E-state index < -0.39 is 0 Å². The van der Waals surface area contributed by atoms with Crippen LogP contribution in [0, 0.1) is 12.8 Å². The van der Waals surface area contributed by atoms with Crippen LogP contribution in [0.5, 0.6) is 0 Å². The van der Waals surface area contributed by atoms with Gasteiger partial charge in [0.2, 0.25) is 16.9 Å². The van der Waals surface area contributed by atoms with Crippen molar-refractivity contribution in [1.29, 1.82) is 0 Å². The van der Waals surface area contributed by atoms with Crippen LogP contribution in [0.4, 0.5) is 10.8 Å². The number of hydrogen-bond acceptors (Lipinski definition) is 6. The molecule has 0 saturated heterocycles. The summed E-state index contributed by atoms with van der Waals surface area (Å²) in [4.78, 5) is 24.3. The van der Waals surface area contributed by atoms with Crippen LogP contribution in [0.2, 0.25) is 5.02 Å². The summed E-state index contributed by atoms with van der Waals surface area (Å²) in [5.74, 6) is 0.154.